The molecule has 0 aliphatic heterocycles. The molecular formula is C15H25N3O3. The number of amides is 2. The van der Waals surface area contributed by atoms with Crippen molar-refractivity contribution in [2.45, 2.75) is 26.0 Å². The van der Waals surface area contributed by atoms with Gasteiger partial charge in [0.2, 0.25) is 0 Å². The summed E-state index contributed by atoms with van der Waals surface area (Å²) in [5, 5.41) is 15.7. The number of urea groups is 1. The van der Waals surface area contributed by atoms with Crippen LogP contribution in [0.2, 0.25) is 0 Å². The van der Waals surface area contributed by atoms with Crippen LogP contribution in [0.1, 0.15) is 13.8 Å². The molecule has 6 nitrogen and oxygen atoms in total. The molecule has 0 bridgehead atoms. The quantitative estimate of drug-likeness (QED) is 0.713. The topological polar surface area (TPSA) is 73.8 Å². The predicted octanol–water partition coefficient (Wildman–Crippen LogP) is 1.52. The van der Waals surface area contributed by atoms with Crippen molar-refractivity contribution in [1.29, 1.82) is 0 Å². The van der Waals surface area contributed by atoms with E-state index in [1.807, 2.05) is 26.0 Å². The summed E-state index contributed by atoms with van der Waals surface area (Å²) in [6.45, 7) is 4.65. The van der Waals surface area contributed by atoms with E-state index in [1.54, 1.807) is 26.2 Å². The minimum absolute atomic E-state index is 0.161. The Morgan fingerprint density at radius 2 is 2.00 bits per heavy atom. The SMILES string of the molecule is CC(C)NCC(O)COc1ccccc1NC(=O)N(C)C. The Kier molecular flexibility index (Phi) is 6.98. The molecule has 6 heteroatoms. The molecule has 21 heavy (non-hydrogen) atoms. The Morgan fingerprint density at radius 3 is 2.62 bits per heavy atom. The molecule has 1 unspecified atom stereocenters. The molecule has 1 atom stereocenters. The lowest BCUT2D eigenvalue weighted by atomic mass is 10.3. The number of nitrogens with one attached hydrogen (secondary N) is 2. The van der Waals surface area contributed by atoms with Gasteiger partial charge in [0, 0.05) is 26.7 Å². The molecule has 3 N–H and O–H groups in total. The lowest BCUT2D eigenvalue weighted by Gasteiger charge is -2.18. The molecule has 118 valence electrons. The van der Waals surface area contributed by atoms with E-state index in [4.69, 9.17) is 4.74 Å². The van der Waals surface area contributed by atoms with Gasteiger partial charge in [0.05, 0.1) is 5.69 Å². The standard InChI is InChI=1S/C15H25N3O3/c1-11(2)16-9-12(19)10-21-14-8-6-5-7-13(14)17-15(20)18(3)4/h5-8,11-12,16,19H,9-10H2,1-4H3,(H,17,20). The van der Waals surface area contributed by atoms with Crippen molar-refractivity contribution in [1.82, 2.24) is 10.2 Å². The zero-order chi connectivity index (χ0) is 15.8. The van der Waals surface area contributed by atoms with Gasteiger partial charge in [-0.15, -0.1) is 0 Å². The van der Waals surface area contributed by atoms with Crippen molar-refractivity contribution < 1.29 is 14.6 Å². The Bertz CT molecular complexity index is 450. The molecule has 0 saturated carbocycles. The van der Waals surface area contributed by atoms with Crippen molar-refractivity contribution in [3.63, 3.8) is 0 Å². The highest BCUT2D eigenvalue weighted by molar-refractivity contribution is 5.90. The largest absolute Gasteiger partial charge is 0.489 e. The normalized spacial score (nSPS) is 12.1. The first kappa shape index (κ1) is 17.3. The van der Waals surface area contributed by atoms with Crippen LogP contribution >= 0.6 is 0 Å². The highest BCUT2D eigenvalue weighted by atomic mass is 16.5. The third kappa shape index (κ3) is 6.46. The van der Waals surface area contributed by atoms with Crippen LogP contribution in [-0.2, 0) is 0 Å². The predicted molar refractivity (Wildman–Crippen MR) is 83.8 cm³/mol. The van der Waals surface area contributed by atoms with Gasteiger partial charge in [-0.3, -0.25) is 0 Å². The number of para-hydroxylation sites is 2. The second-order valence-corrected chi connectivity index (χ2v) is 5.35. The van der Waals surface area contributed by atoms with Crippen molar-refractivity contribution in [2.75, 3.05) is 32.6 Å². The maximum Gasteiger partial charge on any atom is 0.321 e. The van der Waals surface area contributed by atoms with Crippen molar-refractivity contribution >= 4 is 11.7 Å². The number of carbonyl (C=O) groups excluding carboxylic acids is 1. The molecule has 0 saturated heterocycles. The van der Waals surface area contributed by atoms with Gasteiger partial charge in [-0.2, -0.15) is 0 Å². The zero-order valence-electron chi connectivity index (χ0n) is 13.1. The number of aliphatic hydroxyl groups excluding tert-OH is 1. The summed E-state index contributed by atoms with van der Waals surface area (Å²) in [5.41, 5.74) is 0.584. The van der Waals surface area contributed by atoms with Gasteiger partial charge < -0.3 is 25.4 Å². The first-order valence-electron chi connectivity index (χ1n) is 7.01. The van der Waals surface area contributed by atoms with E-state index in [2.05, 4.69) is 10.6 Å². The van der Waals surface area contributed by atoms with Gasteiger partial charge in [-0.1, -0.05) is 26.0 Å². The van der Waals surface area contributed by atoms with E-state index in [1.165, 1.54) is 4.90 Å². The summed E-state index contributed by atoms with van der Waals surface area (Å²) in [7, 11) is 3.33. The van der Waals surface area contributed by atoms with E-state index in [-0.39, 0.29) is 12.6 Å². The second kappa shape index (κ2) is 8.49. The van der Waals surface area contributed by atoms with Crippen LogP contribution in [0, 0.1) is 0 Å². The van der Waals surface area contributed by atoms with Gasteiger partial charge in [-0.05, 0) is 12.1 Å². The third-order valence-electron chi connectivity index (χ3n) is 2.73. The fourth-order valence-electron chi connectivity index (χ4n) is 1.54. The zero-order valence-corrected chi connectivity index (χ0v) is 13.1. The first-order valence-corrected chi connectivity index (χ1v) is 7.01. The monoisotopic (exact) mass is 295 g/mol. The summed E-state index contributed by atoms with van der Waals surface area (Å²) in [5.74, 6) is 0.538. The summed E-state index contributed by atoms with van der Waals surface area (Å²) < 4.78 is 5.59. The number of anilines is 1. The summed E-state index contributed by atoms with van der Waals surface area (Å²) in [4.78, 5) is 13.1. The lowest BCUT2D eigenvalue weighted by Crippen LogP contribution is -2.35. The van der Waals surface area contributed by atoms with E-state index in [0.717, 1.165) is 0 Å². The highest BCUT2D eigenvalue weighted by Crippen LogP contribution is 2.24. The van der Waals surface area contributed by atoms with Crippen LogP contribution in [0.4, 0.5) is 10.5 Å². The molecular weight excluding hydrogens is 270 g/mol. The fourth-order valence-corrected chi connectivity index (χ4v) is 1.54. The number of carbonyl (C=O) groups is 1. The van der Waals surface area contributed by atoms with Gasteiger partial charge in [0.1, 0.15) is 18.5 Å². The molecule has 1 aromatic rings. The molecule has 0 radical (unpaired) electrons. The number of aliphatic hydroxyl groups is 1. The molecule has 0 aliphatic rings. The number of rotatable bonds is 7. The molecule has 1 rings (SSSR count). The van der Waals surface area contributed by atoms with Crippen LogP contribution in [0.25, 0.3) is 0 Å². The average molecular weight is 295 g/mol. The van der Waals surface area contributed by atoms with E-state index < -0.39 is 6.10 Å². The Labute approximate surface area is 126 Å². The van der Waals surface area contributed by atoms with Crippen LogP contribution < -0.4 is 15.4 Å². The van der Waals surface area contributed by atoms with Crippen molar-refractivity contribution in [3.8, 4) is 5.75 Å². The molecule has 0 heterocycles. The third-order valence-corrected chi connectivity index (χ3v) is 2.73. The number of ether oxygens (including phenoxy) is 1. The van der Waals surface area contributed by atoms with Crippen molar-refractivity contribution in [2.24, 2.45) is 0 Å². The number of hydrogen-bond donors (Lipinski definition) is 3. The highest BCUT2D eigenvalue weighted by Gasteiger charge is 2.11. The number of benzene rings is 1. The Hall–Kier alpha value is -1.79. The molecule has 0 aliphatic carbocycles. The summed E-state index contributed by atoms with van der Waals surface area (Å²) >= 11 is 0. The van der Waals surface area contributed by atoms with Crippen LogP contribution in [0.5, 0.6) is 5.75 Å². The smallest absolute Gasteiger partial charge is 0.321 e. The maximum absolute atomic E-state index is 11.7. The molecule has 0 spiro atoms. The van der Waals surface area contributed by atoms with E-state index >= 15 is 0 Å². The lowest BCUT2D eigenvalue weighted by molar-refractivity contribution is 0.105. The molecule has 0 aromatic heterocycles. The first-order chi connectivity index (χ1) is 9.90. The molecule has 1 aromatic carbocycles. The van der Waals surface area contributed by atoms with Crippen LogP contribution in [0.15, 0.2) is 24.3 Å². The van der Waals surface area contributed by atoms with E-state index in [0.29, 0.717) is 24.0 Å². The maximum atomic E-state index is 11.7. The van der Waals surface area contributed by atoms with Crippen LogP contribution in [-0.4, -0.2) is 55.4 Å². The molecule has 0 fully saturated rings. The summed E-state index contributed by atoms with van der Waals surface area (Å²) in [6, 6.07) is 7.23. The van der Waals surface area contributed by atoms with Gasteiger partial charge in [-0.25, -0.2) is 4.79 Å². The van der Waals surface area contributed by atoms with Crippen LogP contribution in [0.3, 0.4) is 0 Å². The second-order valence-electron chi connectivity index (χ2n) is 5.35. The number of hydrogen-bond acceptors (Lipinski definition) is 4. The molecule has 2 amide bonds. The Balaban J connectivity index is 2.56. The summed E-state index contributed by atoms with van der Waals surface area (Å²) in [6.07, 6.45) is -0.606. The Morgan fingerprint density at radius 1 is 1.33 bits per heavy atom. The minimum atomic E-state index is -0.606. The minimum Gasteiger partial charge on any atom is -0.489 e. The fraction of sp³-hybridized carbons (Fsp3) is 0.533. The van der Waals surface area contributed by atoms with Gasteiger partial charge >= 0.3 is 6.03 Å². The number of nitrogens with zero attached hydrogens (tertiary/aromatic N) is 1. The van der Waals surface area contributed by atoms with E-state index in [9.17, 15) is 9.90 Å². The van der Waals surface area contributed by atoms with Gasteiger partial charge in [0.15, 0.2) is 0 Å². The van der Waals surface area contributed by atoms with Gasteiger partial charge in [0.25, 0.3) is 0 Å². The van der Waals surface area contributed by atoms with Crippen molar-refractivity contribution in [3.05, 3.63) is 24.3 Å². The average Bonchev–Trinajstić information content (AvgIpc) is 2.44.